The number of nitrogens with zero attached hydrogens (tertiary/aromatic N) is 3. The minimum Gasteiger partial charge on any atom is -0.317 e. The number of hydroxylamine groups is 2. The lowest BCUT2D eigenvalue weighted by atomic mass is 9.79. The summed E-state index contributed by atoms with van der Waals surface area (Å²) in [6.45, 7) is 0.0397. The van der Waals surface area contributed by atoms with Crippen molar-refractivity contribution in [2.24, 2.45) is 11.8 Å². The fourth-order valence-electron chi connectivity index (χ4n) is 3.61. The minimum atomic E-state index is -4.86. The van der Waals surface area contributed by atoms with Gasteiger partial charge in [0.1, 0.15) is 6.04 Å². The summed E-state index contributed by atoms with van der Waals surface area (Å²) in [4.78, 5) is 38.3. The Morgan fingerprint density at radius 1 is 1.31 bits per heavy atom. The predicted molar refractivity (Wildman–Crippen MR) is 85.0 cm³/mol. The zero-order chi connectivity index (χ0) is 19.2. The molecule has 3 aliphatic rings. The second-order valence-electron chi connectivity index (χ2n) is 6.71. The summed E-state index contributed by atoms with van der Waals surface area (Å²) in [7, 11) is -3.08. The quantitative estimate of drug-likeness (QED) is 0.162. The monoisotopic (exact) mass is 391 g/mol. The van der Waals surface area contributed by atoms with Crippen LogP contribution in [0.25, 0.3) is 0 Å². The zero-order valence-corrected chi connectivity index (χ0v) is 14.9. The van der Waals surface area contributed by atoms with E-state index in [4.69, 9.17) is 10.4 Å². The third-order valence-corrected chi connectivity index (χ3v) is 5.50. The average Bonchev–Trinajstić information content (AvgIpc) is 2.76. The molecule has 0 aromatic carbocycles. The van der Waals surface area contributed by atoms with E-state index in [1.165, 1.54) is 0 Å². The lowest BCUT2D eigenvalue weighted by Gasteiger charge is -2.37. The van der Waals surface area contributed by atoms with Crippen LogP contribution in [0.4, 0.5) is 4.79 Å². The molecule has 4 amide bonds. The zero-order valence-electron chi connectivity index (χ0n) is 14.1. The molecule has 146 valence electrons. The van der Waals surface area contributed by atoms with Crippen LogP contribution in [0.5, 0.6) is 0 Å². The number of carbonyl (C=O) groups is 3. The molecule has 0 aromatic rings. The van der Waals surface area contributed by atoms with Crippen molar-refractivity contribution in [2.75, 3.05) is 13.6 Å². The Morgan fingerprint density at radius 2 is 1.96 bits per heavy atom. The highest BCUT2D eigenvalue weighted by Gasteiger charge is 2.51. The first-order valence-electron chi connectivity index (χ1n) is 8.19. The Bertz CT molecular complexity index is 722. The van der Waals surface area contributed by atoms with E-state index in [2.05, 4.69) is 9.60 Å². The molecule has 3 rings (SSSR count). The van der Waals surface area contributed by atoms with Gasteiger partial charge in [0, 0.05) is 18.5 Å². The first-order valence-corrected chi connectivity index (χ1v) is 9.55. The van der Waals surface area contributed by atoms with Gasteiger partial charge in [0.15, 0.2) is 0 Å². The molecule has 2 heterocycles. The number of fused-ring (bicyclic) bond motifs is 2. The second-order valence-corrected chi connectivity index (χ2v) is 7.71. The van der Waals surface area contributed by atoms with Crippen LogP contribution in [-0.2, 0) is 24.3 Å². The Labute approximate surface area is 150 Å². The number of amides is 4. The summed E-state index contributed by atoms with van der Waals surface area (Å²) in [6.07, 6.45) is 1.64. The highest BCUT2D eigenvalue weighted by atomic mass is 32.3. The second kappa shape index (κ2) is 6.74. The van der Waals surface area contributed by atoms with Crippen molar-refractivity contribution < 1.29 is 31.6 Å². The maximum Gasteiger partial charge on any atom is 0.418 e. The van der Waals surface area contributed by atoms with Crippen LogP contribution in [0.15, 0.2) is 0 Å². The SMILES string of the molecule is CNC1CC(C(=O)N(N)C(=O)C2CCC3CN2C(=O)N3OS(=O)(=O)O)C1. The van der Waals surface area contributed by atoms with E-state index in [0.717, 1.165) is 4.90 Å². The Morgan fingerprint density at radius 3 is 2.54 bits per heavy atom. The van der Waals surface area contributed by atoms with E-state index in [0.29, 0.717) is 22.9 Å². The van der Waals surface area contributed by atoms with E-state index in [9.17, 15) is 22.8 Å². The van der Waals surface area contributed by atoms with Gasteiger partial charge in [0.2, 0.25) is 5.91 Å². The molecule has 4 N–H and O–H groups in total. The van der Waals surface area contributed by atoms with Crippen molar-refractivity contribution in [3.05, 3.63) is 0 Å². The number of urea groups is 1. The first-order chi connectivity index (χ1) is 12.1. The van der Waals surface area contributed by atoms with Crippen LogP contribution in [0.2, 0.25) is 0 Å². The fraction of sp³-hybridized carbons (Fsp3) is 0.769. The normalized spacial score (nSPS) is 31.0. The van der Waals surface area contributed by atoms with Crippen LogP contribution >= 0.6 is 0 Å². The van der Waals surface area contributed by atoms with Crippen molar-refractivity contribution in [2.45, 2.75) is 43.8 Å². The Kier molecular flexibility index (Phi) is 4.92. The van der Waals surface area contributed by atoms with Gasteiger partial charge in [-0.15, -0.1) is 4.28 Å². The summed E-state index contributed by atoms with van der Waals surface area (Å²) in [5.41, 5.74) is 0. The van der Waals surface area contributed by atoms with Crippen LogP contribution in [0.1, 0.15) is 25.7 Å². The summed E-state index contributed by atoms with van der Waals surface area (Å²) in [5, 5.41) is 4.12. The number of nitrogens with one attached hydrogen (secondary N) is 1. The summed E-state index contributed by atoms with van der Waals surface area (Å²) in [6, 6.07) is -2.25. The van der Waals surface area contributed by atoms with E-state index in [1.54, 1.807) is 7.05 Å². The minimum absolute atomic E-state index is 0.0397. The first kappa shape index (κ1) is 19.0. The molecule has 1 aliphatic carbocycles. The number of hydrazine groups is 1. The van der Waals surface area contributed by atoms with Crippen LogP contribution < -0.4 is 11.2 Å². The van der Waals surface area contributed by atoms with Crippen LogP contribution in [-0.4, -0.2) is 77.5 Å². The van der Waals surface area contributed by atoms with Crippen molar-refractivity contribution in [3.8, 4) is 0 Å². The molecule has 2 aliphatic heterocycles. The topological polar surface area (TPSA) is 163 Å². The molecule has 3 fully saturated rings. The van der Waals surface area contributed by atoms with Crippen molar-refractivity contribution >= 4 is 28.2 Å². The molecule has 2 atom stereocenters. The molecule has 12 nitrogen and oxygen atoms in total. The highest BCUT2D eigenvalue weighted by Crippen LogP contribution is 2.32. The van der Waals surface area contributed by atoms with E-state index in [-0.39, 0.29) is 31.3 Å². The van der Waals surface area contributed by atoms with E-state index < -0.39 is 40.3 Å². The predicted octanol–water partition coefficient (Wildman–Crippen LogP) is -1.78. The Balaban J connectivity index is 1.66. The van der Waals surface area contributed by atoms with Crippen molar-refractivity contribution in [1.29, 1.82) is 0 Å². The van der Waals surface area contributed by atoms with E-state index >= 15 is 0 Å². The molecule has 26 heavy (non-hydrogen) atoms. The number of nitrogens with two attached hydrogens (primary N) is 1. The number of imide groups is 1. The highest BCUT2D eigenvalue weighted by molar-refractivity contribution is 7.80. The summed E-state index contributed by atoms with van der Waals surface area (Å²) in [5.74, 6) is 4.14. The number of hydrogen-bond donors (Lipinski definition) is 3. The van der Waals surface area contributed by atoms with Gasteiger partial charge >= 0.3 is 16.4 Å². The molecule has 13 heteroatoms. The van der Waals surface area contributed by atoms with Gasteiger partial charge in [-0.1, -0.05) is 0 Å². The standard InChI is InChI=1S/C13H21N5O7S/c1-15-8-4-7(5-8)11(19)17(14)12(20)10-3-2-9-6-16(10)13(21)18(9)25-26(22,23)24/h7-10,15H,2-6,14H2,1H3,(H,22,23,24). The number of carbonyl (C=O) groups excluding carboxylic acids is 3. The summed E-state index contributed by atoms with van der Waals surface area (Å²) >= 11 is 0. The average molecular weight is 391 g/mol. The molecule has 0 aromatic heterocycles. The van der Waals surface area contributed by atoms with Crippen LogP contribution in [0, 0.1) is 5.92 Å². The molecular weight excluding hydrogens is 370 g/mol. The van der Waals surface area contributed by atoms with Gasteiger partial charge in [0.25, 0.3) is 5.91 Å². The van der Waals surface area contributed by atoms with Gasteiger partial charge in [-0.05, 0) is 32.7 Å². The fourth-order valence-corrected chi connectivity index (χ4v) is 4.00. The van der Waals surface area contributed by atoms with E-state index in [1.807, 2.05) is 0 Å². The van der Waals surface area contributed by atoms with Gasteiger partial charge in [-0.25, -0.2) is 15.6 Å². The van der Waals surface area contributed by atoms with Crippen molar-refractivity contribution in [1.82, 2.24) is 20.3 Å². The molecule has 0 spiro atoms. The third-order valence-electron chi connectivity index (χ3n) is 5.15. The molecular formula is C13H21N5O7S. The van der Waals surface area contributed by atoms with Gasteiger partial charge < -0.3 is 10.2 Å². The van der Waals surface area contributed by atoms with Gasteiger partial charge in [-0.2, -0.15) is 13.5 Å². The van der Waals surface area contributed by atoms with Crippen LogP contribution in [0.3, 0.4) is 0 Å². The smallest absolute Gasteiger partial charge is 0.317 e. The summed E-state index contributed by atoms with van der Waals surface area (Å²) < 4.78 is 34.8. The van der Waals surface area contributed by atoms with Gasteiger partial charge in [0.05, 0.1) is 6.04 Å². The number of hydrogen-bond acceptors (Lipinski definition) is 8. The number of rotatable bonds is 5. The third kappa shape index (κ3) is 3.40. The molecule has 0 radical (unpaired) electrons. The number of piperidine rings is 1. The molecule has 1 saturated carbocycles. The molecule has 2 unspecified atom stereocenters. The molecule has 2 saturated heterocycles. The largest absolute Gasteiger partial charge is 0.418 e. The van der Waals surface area contributed by atoms with Crippen molar-refractivity contribution in [3.63, 3.8) is 0 Å². The maximum absolute atomic E-state index is 12.6. The molecule has 2 bridgehead atoms. The lowest BCUT2D eigenvalue weighted by molar-refractivity contribution is -0.153. The lowest BCUT2D eigenvalue weighted by Crippen LogP contribution is -2.58. The maximum atomic E-state index is 12.6. The van der Waals surface area contributed by atoms with Gasteiger partial charge in [-0.3, -0.25) is 14.1 Å². The Hall–Kier alpha value is -1.80.